The van der Waals surface area contributed by atoms with E-state index < -0.39 is 0 Å². The number of aryl methyl sites for hydroxylation is 1. The van der Waals surface area contributed by atoms with Gasteiger partial charge in [0.15, 0.2) is 5.96 Å². The molecule has 1 aliphatic heterocycles. The van der Waals surface area contributed by atoms with Crippen LogP contribution >= 0.6 is 24.0 Å². The highest BCUT2D eigenvalue weighted by atomic mass is 127. The van der Waals surface area contributed by atoms with Crippen LogP contribution in [0.3, 0.4) is 0 Å². The molecular formula is C21H33IN4O. The fraction of sp³-hybridized carbons (Fsp3) is 0.619. The first kappa shape index (κ1) is 22.0. The predicted molar refractivity (Wildman–Crippen MR) is 122 cm³/mol. The van der Waals surface area contributed by atoms with Crippen molar-refractivity contribution < 1.29 is 4.79 Å². The summed E-state index contributed by atoms with van der Waals surface area (Å²) in [7, 11) is 0. The molecule has 0 bridgehead atoms. The normalized spacial score (nSPS) is 24.6. The first-order valence-corrected chi connectivity index (χ1v) is 9.91. The molecule has 1 saturated carbocycles. The van der Waals surface area contributed by atoms with Crippen molar-refractivity contribution in [1.29, 1.82) is 0 Å². The molecule has 3 atom stereocenters. The number of carbonyl (C=O) groups excluding carboxylic acids is 1. The van der Waals surface area contributed by atoms with Crippen molar-refractivity contribution >= 4 is 35.8 Å². The van der Waals surface area contributed by atoms with Crippen molar-refractivity contribution in [2.45, 2.75) is 58.5 Å². The molecule has 1 amide bonds. The first-order valence-electron chi connectivity index (χ1n) is 9.91. The van der Waals surface area contributed by atoms with Gasteiger partial charge in [0.2, 0.25) is 5.91 Å². The van der Waals surface area contributed by atoms with Crippen molar-refractivity contribution in [1.82, 2.24) is 15.5 Å². The largest absolute Gasteiger partial charge is 0.353 e. The van der Waals surface area contributed by atoms with Gasteiger partial charge in [0.05, 0.1) is 0 Å². The van der Waals surface area contributed by atoms with Gasteiger partial charge >= 0.3 is 0 Å². The minimum Gasteiger partial charge on any atom is -0.353 e. The Balaban J connectivity index is 0.00000261. The van der Waals surface area contributed by atoms with Crippen molar-refractivity contribution in [3.8, 4) is 0 Å². The second-order valence-corrected chi connectivity index (χ2v) is 7.84. The Morgan fingerprint density at radius 3 is 2.70 bits per heavy atom. The van der Waals surface area contributed by atoms with Crippen LogP contribution in [0.1, 0.15) is 50.7 Å². The van der Waals surface area contributed by atoms with Crippen molar-refractivity contribution in [2.24, 2.45) is 10.9 Å². The summed E-state index contributed by atoms with van der Waals surface area (Å²) in [5.41, 5.74) is 2.80. The molecule has 150 valence electrons. The molecule has 0 radical (unpaired) electrons. The summed E-state index contributed by atoms with van der Waals surface area (Å²) in [6.07, 6.45) is 2.13. The smallest absolute Gasteiger partial charge is 0.225 e. The Labute approximate surface area is 180 Å². The summed E-state index contributed by atoms with van der Waals surface area (Å²) in [5, 5.41) is 7.14. The van der Waals surface area contributed by atoms with Gasteiger partial charge in [-0.05, 0) is 37.8 Å². The second kappa shape index (κ2) is 9.75. The highest BCUT2D eigenvalue weighted by Crippen LogP contribution is 2.42. The number of halogens is 1. The van der Waals surface area contributed by atoms with Gasteiger partial charge in [-0.2, -0.15) is 0 Å². The van der Waals surface area contributed by atoms with Gasteiger partial charge in [0.1, 0.15) is 0 Å². The molecule has 2 aliphatic rings. The zero-order valence-corrected chi connectivity index (χ0v) is 19.2. The van der Waals surface area contributed by atoms with E-state index in [9.17, 15) is 4.79 Å². The third kappa shape index (κ3) is 5.59. The molecule has 1 aliphatic carbocycles. The average Bonchev–Trinajstić information content (AvgIpc) is 3.20. The minimum atomic E-state index is 0. The van der Waals surface area contributed by atoms with E-state index in [1.807, 2.05) is 18.7 Å². The molecular weight excluding hydrogens is 451 g/mol. The van der Waals surface area contributed by atoms with E-state index in [0.717, 1.165) is 38.4 Å². The lowest BCUT2D eigenvalue weighted by molar-refractivity contribution is -0.133. The molecule has 0 spiro atoms. The monoisotopic (exact) mass is 484 g/mol. The number of hydrogen-bond donors (Lipinski definition) is 2. The molecule has 5 nitrogen and oxygen atoms in total. The van der Waals surface area contributed by atoms with Gasteiger partial charge < -0.3 is 15.5 Å². The van der Waals surface area contributed by atoms with E-state index in [2.05, 4.69) is 53.7 Å². The second-order valence-electron chi connectivity index (χ2n) is 7.84. The number of carbonyl (C=O) groups is 1. The van der Waals surface area contributed by atoms with Crippen molar-refractivity contribution in [3.63, 3.8) is 0 Å². The number of hydrogen-bond acceptors (Lipinski definition) is 2. The van der Waals surface area contributed by atoms with Crippen LogP contribution in [0.5, 0.6) is 0 Å². The average molecular weight is 484 g/mol. The van der Waals surface area contributed by atoms with E-state index in [1.54, 1.807) is 0 Å². The number of rotatable bonds is 5. The van der Waals surface area contributed by atoms with Gasteiger partial charge in [0, 0.05) is 43.6 Å². The van der Waals surface area contributed by atoms with Crippen LogP contribution in [0.25, 0.3) is 0 Å². The van der Waals surface area contributed by atoms with Crippen LogP contribution in [0, 0.1) is 12.8 Å². The maximum Gasteiger partial charge on any atom is 0.225 e. The Kier molecular flexibility index (Phi) is 7.94. The molecule has 3 rings (SSSR count). The number of benzene rings is 1. The Morgan fingerprint density at radius 2 is 2.04 bits per heavy atom. The van der Waals surface area contributed by atoms with E-state index in [4.69, 9.17) is 0 Å². The van der Waals surface area contributed by atoms with Gasteiger partial charge in [0.25, 0.3) is 0 Å². The first-order chi connectivity index (χ1) is 12.5. The van der Waals surface area contributed by atoms with Crippen molar-refractivity contribution in [2.75, 3.05) is 19.6 Å². The summed E-state index contributed by atoms with van der Waals surface area (Å²) < 4.78 is 0. The van der Waals surface area contributed by atoms with E-state index >= 15 is 0 Å². The zero-order chi connectivity index (χ0) is 18.7. The van der Waals surface area contributed by atoms with Crippen molar-refractivity contribution in [3.05, 3.63) is 35.4 Å². The Bertz CT molecular complexity index is 676. The van der Waals surface area contributed by atoms with E-state index in [-0.39, 0.29) is 41.8 Å². The van der Waals surface area contributed by atoms with Crippen LogP contribution < -0.4 is 10.6 Å². The topological polar surface area (TPSA) is 56.7 Å². The molecule has 1 saturated heterocycles. The fourth-order valence-electron chi connectivity index (χ4n) is 3.80. The van der Waals surface area contributed by atoms with Crippen LogP contribution in [0.4, 0.5) is 0 Å². The molecule has 2 fully saturated rings. The quantitative estimate of drug-likeness (QED) is 0.383. The fourth-order valence-corrected chi connectivity index (χ4v) is 3.80. The molecule has 27 heavy (non-hydrogen) atoms. The van der Waals surface area contributed by atoms with Crippen LogP contribution in [-0.4, -0.2) is 48.5 Å². The number of aliphatic imine (C=N–C) groups is 1. The maximum atomic E-state index is 12.2. The standard InChI is InChI=1S/C21H32N4O.HI/c1-5-22-21(23-16-10-11-25(13-16)20(26)14(2)3)24-19-12-18(19)17-9-7-6-8-15(17)4;/h6-9,14,16,18-19H,5,10-13H2,1-4H3,(H2,22,23,24);1H. The number of amides is 1. The number of nitrogens with one attached hydrogen (secondary N) is 2. The zero-order valence-electron chi connectivity index (χ0n) is 16.9. The summed E-state index contributed by atoms with van der Waals surface area (Å²) in [6, 6.07) is 9.37. The van der Waals surface area contributed by atoms with E-state index in [0.29, 0.717) is 12.0 Å². The minimum absolute atomic E-state index is 0. The molecule has 2 N–H and O–H groups in total. The van der Waals surface area contributed by atoms with Gasteiger partial charge in [-0.25, -0.2) is 0 Å². The Hall–Kier alpha value is -1.31. The van der Waals surface area contributed by atoms with E-state index in [1.165, 1.54) is 11.1 Å². The lowest BCUT2D eigenvalue weighted by Gasteiger charge is -2.20. The summed E-state index contributed by atoms with van der Waals surface area (Å²) in [4.78, 5) is 18.8. The van der Waals surface area contributed by atoms with Crippen LogP contribution in [0.2, 0.25) is 0 Å². The Morgan fingerprint density at radius 1 is 1.30 bits per heavy atom. The number of guanidine groups is 1. The molecule has 3 unspecified atom stereocenters. The molecule has 6 heteroatoms. The lowest BCUT2D eigenvalue weighted by atomic mass is 10.0. The summed E-state index contributed by atoms with van der Waals surface area (Å²) in [5.74, 6) is 1.77. The molecule has 1 aromatic carbocycles. The molecule has 1 heterocycles. The number of nitrogens with zero attached hydrogens (tertiary/aromatic N) is 2. The maximum absolute atomic E-state index is 12.2. The van der Waals surface area contributed by atoms with Crippen LogP contribution in [0.15, 0.2) is 29.3 Å². The number of likely N-dealkylation sites (tertiary alicyclic amines) is 1. The summed E-state index contributed by atoms with van der Waals surface area (Å²) >= 11 is 0. The predicted octanol–water partition coefficient (Wildman–Crippen LogP) is 3.28. The highest BCUT2D eigenvalue weighted by molar-refractivity contribution is 14.0. The molecule has 0 aromatic heterocycles. The third-order valence-electron chi connectivity index (χ3n) is 5.35. The molecule has 1 aromatic rings. The third-order valence-corrected chi connectivity index (χ3v) is 5.35. The van der Waals surface area contributed by atoms with Crippen LogP contribution in [-0.2, 0) is 4.79 Å². The summed E-state index contributed by atoms with van der Waals surface area (Å²) in [6.45, 7) is 10.5. The lowest BCUT2D eigenvalue weighted by Crippen LogP contribution is -2.46. The van der Waals surface area contributed by atoms with Gasteiger partial charge in [-0.15, -0.1) is 24.0 Å². The highest BCUT2D eigenvalue weighted by Gasteiger charge is 2.40. The SMILES string of the molecule is CCN=C(NC1CCN(C(=O)C(C)C)C1)NC1CC1c1ccccc1C.I. The van der Waals surface area contributed by atoms with Gasteiger partial charge in [-0.3, -0.25) is 9.79 Å². The van der Waals surface area contributed by atoms with Gasteiger partial charge in [-0.1, -0.05) is 38.1 Å².